The highest BCUT2D eigenvalue weighted by Crippen LogP contribution is 2.49. The SMILES string of the molecule is O=[N+]([O-])c1ccc(S(=O)(=O)NC2(C(F)(F)F)CC2)cc1F. The van der Waals surface area contributed by atoms with Gasteiger partial charge in [0.05, 0.1) is 9.82 Å². The Bertz CT molecular complexity index is 697. The van der Waals surface area contributed by atoms with Gasteiger partial charge in [-0.2, -0.15) is 22.3 Å². The first-order chi connectivity index (χ1) is 9.48. The van der Waals surface area contributed by atoms with Gasteiger partial charge in [-0.3, -0.25) is 10.1 Å². The number of alkyl halides is 3. The monoisotopic (exact) mass is 328 g/mol. The van der Waals surface area contributed by atoms with Crippen LogP contribution in [0.2, 0.25) is 0 Å². The number of halogens is 4. The van der Waals surface area contributed by atoms with Gasteiger partial charge in [-0.05, 0) is 18.9 Å². The Morgan fingerprint density at radius 1 is 1.29 bits per heavy atom. The predicted octanol–water partition coefficient (Wildman–Crippen LogP) is 2.11. The number of nitro groups is 1. The number of hydrogen-bond acceptors (Lipinski definition) is 4. The molecule has 1 aliphatic carbocycles. The maximum Gasteiger partial charge on any atom is 0.407 e. The van der Waals surface area contributed by atoms with Gasteiger partial charge in [0.25, 0.3) is 0 Å². The molecule has 1 saturated carbocycles. The molecule has 116 valence electrons. The number of rotatable bonds is 4. The van der Waals surface area contributed by atoms with Crippen molar-refractivity contribution in [3.05, 3.63) is 34.1 Å². The molecule has 1 fully saturated rings. The second kappa shape index (κ2) is 4.63. The Balaban J connectivity index is 2.33. The van der Waals surface area contributed by atoms with E-state index in [1.807, 2.05) is 0 Å². The Morgan fingerprint density at radius 2 is 1.86 bits per heavy atom. The van der Waals surface area contributed by atoms with Crippen LogP contribution in [0.25, 0.3) is 0 Å². The Hall–Kier alpha value is -1.75. The third-order valence-electron chi connectivity index (χ3n) is 3.05. The summed E-state index contributed by atoms with van der Waals surface area (Å²) in [5, 5.41) is 10.4. The molecule has 11 heteroatoms. The van der Waals surface area contributed by atoms with Gasteiger partial charge in [-0.1, -0.05) is 0 Å². The molecule has 0 atom stereocenters. The number of sulfonamides is 1. The molecule has 0 radical (unpaired) electrons. The van der Waals surface area contributed by atoms with E-state index in [2.05, 4.69) is 0 Å². The van der Waals surface area contributed by atoms with Crippen molar-refractivity contribution in [1.29, 1.82) is 0 Å². The molecule has 0 spiro atoms. The van der Waals surface area contributed by atoms with Gasteiger partial charge in [-0.15, -0.1) is 0 Å². The summed E-state index contributed by atoms with van der Waals surface area (Å²) in [6.07, 6.45) is -5.59. The van der Waals surface area contributed by atoms with Crippen molar-refractivity contribution in [2.24, 2.45) is 0 Å². The van der Waals surface area contributed by atoms with Crippen LogP contribution in [-0.2, 0) is 10.0 Å². The molecule has 0 unspecified atom stereocenters. The van der Waals surface area contributed by atoms with Crippen molar-refractivity contribution >= 4 is 15.7 Å². The summed E-state index contributed by atoms with van der Waals surface area (Å²) in [4.78, 5) is 8.53. The van der Waals surface area contributed by atoms with Crippen molar-refractivity contribution in [2.75, 3.05) is 0 Å². The first-order valence-electron chi connectivity index (χ1n) is 5.53. The van der Waals surface area contributed by atoms with Crippen molar-refractivity contribution < 1.29 is 30.9 Å². The second-order valence-corrected chi connectivity index (χ2v) is 6.24. The molecule has 21 heavy (non-hydrogen) atoms. The van der Waals surface area contributed by atoms with Crippen LogP contribution in [-0.4, -0.2) is 25.1 Å². The topological polar surface area (TPSA) is 89.3 Å². The van der Waals surface area contributed by atoms with E-state index in [9.17, 15) is 36.1 Å². The molecule has 1 N–H and O–H groups in total. The molecule has 0 aromatic heterocycles. The van der Waals surface area contributed by atoms with Crippen LogP contribution in [0.1, 0.15) is 12.8 Å². The van der Waals surface area contributed by atoms with Crippen molar-refractivity contribution in [2.45, 2.75) is 29.5 Å². The number of nitro benzene ring substituents is 1. The van der Waals surface area contributed by atoms with Gasteiger partial charge in [-0.25, -0.2) is 8.42 Å². The Kier molecular flexibility index (Phi) is 3.45. The quantitative estimate of drug-likeness (QED) is 0.521. The molecule has 0 saturated heterocycles. The Morgan fingerprint density at radius 3 is 2.24 bits per heavy atom. The van der Waals surface area contributed by atoms with Crippen LogP contribution < -0.4 is 4.72 Å². The maximum atomic E-state index is 13.4. The van der Waals surface area contributed by atoms with E-state index in [0.717, 1.165) is 0 Å². The lowest BCUT2D eigenvalue weighted by molar-refractivity contribution is -0.387. The standard InChI is InChI=1S/C10H8F4N2O4S/c11-7-5-6(1-2-8(7)16(17)18)21(19,20)15-9(3-4-9)10(12,13)14/h1-2,5,15H,3-4H2. The van der Waals surface area contributed by atoms with Gasteiger partial charge < -0.3 is 0 Å². The zero-order chi connectivity index (χ0) is 16.1. The fourth-order valence-electron chi connectivity index (χ4n) is 1.69. The molecule has 0 aliphatic heterocycles. The van der Waals surface area contributed by atoms with Crippen molar-refractivity contribution in [1.82, 2.24) is 4.72 Å². The van der Waals surface area contributed by atoms with Crippen molar-refractivity contribution in [3.63, 3.8) is 0 Å². The maximum absolute atomic E-state index is 13.4. The molecule has 0 bridgehead atoms. The fourth-order valence-corrected chi connectivity index (χ4v) is 3.15. The zero-order valence-corrected chi connectivity index (χ0v) is 11.0. The average molecular weight is 328 g/mol. The van der Waals surface area contributed by atoms with E-state index in [1.54, 1.807) is 0 Å². The summed E-state index contributed by atoms with van der Waals surface area (Å²) in [5.41, 5.74) is -3.50. The predicted molar refractivity (Wildman–Crippen MR) is 61.4 cm³/mol. The molecular weight excluding hydrogens is 320 g/mol. The molecule has 1 aromatic rings. The lowest BCUT2D eigenvalue weighted by Gasteiger charge is -2.20. The summed E-state index contributed by atoms with van der Waals surface area (Å²) in [6, 6.07) is 1.57. The smallest absolute Gasteiger partial charge is 0.258 e. The van der Waals surface area contributed by atoms with Crippen LogP contribution in [0.5, 0.6) is 0 Å². The molecule has 1 aromatic carbocycles. The number of nitrogens with zero attached hydrogens (tertiary/aromatic N) is 1. The first-order valence-corrected chi connectivity index (χ1v) is 7.01. The second-order valence-electron chi connectivity index (χ2n) is 4.56. The largest absolute Gasteiger partial charge is 0.407 e. The van der Waals surface area contributed by atoms with Crippen LogP contribution in [0.4, 0.5) is 23.2 Å². The van der Waals surface area contributed by atoms with Crippen LogP contribution in [0.3, 0.4) is 0 Å². The minimum Gasteiger partial charge on any atom is -0.258 e. The van der Waals surface area contributed by atoms with Crippen molar-refractivity contribution in [3.8, 4) is 0 Å². The van der Waals surface area contributed by atoms with E-state index >= 15 is 0 Å². The normalized spacial score (nSPS) is 17.5. The van der Waals surface area contributed by atoms with E-state index in [1.165, 1.54) is 4.72 Å². The van der Waals surface area contributed by atoms with Crippen LogP contribution in [0.15, 0.2) is 23.1 Å². The molecule has 1 aliphatic rings. The Labute approximate surface area is 116 Å². The molecule has 2 rings (SSSR count). The third-order valence-corrected chi connectivity index (χ3v) is 4.58. The molecular formula is C10H8F4N2O4S. The number of hydrogen-bond donors (Lipinski definition) is 1. The highest BCUT2D eigenvalue weighted by molar-refractivity contribution is 7.89. The zero-order valence-electron chi connectivity index (χ0n) is 10.1. The van der Waals surface area contributed by atoms with Gasteiger partial charge in [0.1, 0.15) is 5.54 Å². The van der Waals surface area contributed by atoms with Crippen LogP contribution in [0, 0.1) is 15.9 Å². The van der Waals surface area contributed by atoms with Gasteiger partial charge in [0.2, 0.25) is 15.8 Å². The minimum atomic E-state index is -4.76. The summed E-state index contributed by atoms with van der Waals surface area (Å²) in [5.74, 6) is -1.44. The van der Waals surface area contributed by atoms with E-state index in [-0.39, 0.29) is 0 Å². The van der Waals surface area contributed by atoms with Gasteiger partial charge in [0.15, 0.2) is 0 Å². The highest BCUT2D eigenvalue weighted by Gasteiger charge is 2.65. The first kappa shape index (κ1) is 15.6. The lowest BCUT2D eigenvalue weighted by atomic mass is 10.3. The van der Waals surface area contributed by atoms with E-state index in [4.69, 9.17) is 0 Å². The van der Waals surface area contributed by atoms with E-state index < -0.39 is 55.9 Å². The van der Waals surface area contributed by atoms with E-state index in [0.29, 0.717) is 18.2 Å². The summed E-state index contributed by atoms with van der Waals surface area (Å²) in [6.45, 7) is 0. The highest BCUT2D eigenvalue weighted by atomic mass is 32.2. The lowest BCUT2D eigenvalue weighted by Crippen LogP contribution is -2.47. The molecule has 0 amide bonds. The summed E-state index contributed by atoms with van der Waals surface area (Å²) >= 11 is 0. The molecule has 0 heterocycles. The summed E-state index contributed by atoms with van der Waals surface area (Å²) in [7, 11) is -4.64. The van der Waals surface area contributed by atoms with Gasteiger partial charge >= 0.3 is 11.9 Å². The van der Waals surface area contributed by atoms with Gasteiger partial charge in [0, 0.05) is 12.1 Å². The number of nitrogens with one attached hydrogen (secondary N) is 1. The minimum absolute atomic E-state index is 0.312. The third kappa shape index (κ3) is 2.83. The van der Waals surface area contributed by atoms with Crippen LogP contribution >= 0.6 is 0 Å². The number of benzene rings is 1. The summed E-state index contributed by atoms with van der Waals surface area (Å²) < 4.78 is 76.6. The average Bonchev–Trinajstić information content (AvgIpc) is 3.07. The fraction of sp³-hybridized carbons (Fsp3) is 0.400. The molecule has 6 nitrogen and oxygen atoms in total.